The number of rotatable bonds is 2. The highest BCUT2D eigenvalue weighted by Gasteiger charge is 2.34. The van der Waals surface area contributed by atoms with Gasteiger partial charge in [0, 0.05) is 37.2 Å². The zero-order valence-electron chi connectivity index (χ0n) is 18.6. The van der Waals surface area contributed by atoms with Gasteiger partial charge in [0.1, 0.15) is 5.01 Å². The molecule has 168 valence electrons. The number of nitrogens with zero attached hydrogens (tertiary/aromatic N) is 3. The molecule has 2 aliphatic rings. The van der Waals surface area contributed by atoms with Gasteiger partial charge in [-0.3, -0.25) is 19.3 Å². The van der Waals surface area contributed by atoms with E-state index in [0.717, 1.165) is 10.2 Å². The number of thiazole rings is 1. The Bertz CT molecular complexity index is 1320. The second kappa shape index (κ2) is 8.20. The quantitative estimate of drug-likeness (QED) is 0.536. The molecule has 1 saturated heterocycles. The van der Waals surface area contributed by atoms with Crippen molar-refractivity contribution in [1.29, 1.82) is 0 Å². The number of carbonyl (C=O) groups excluding carboxylic acids is 3. The maximum absolute atomic E-state index is 13.1. The van der Waals surface area contributed by atoms with E-state index < -0.39 is 0 Å². The highest BCUT2D eigenvalue weighted by Crippen LogP contribution is 2.36. The van der Waals surface area contributed by atoms with Gasteiger partial charge >= 0.3 is 0 Å². The van der Waals surface area contributed by atoms with Gasteiger partial charge < -0.3 is 9.64 Å². The van der Waals surface area contributed by atoms with E-state index in [4.69, 9.17) is 4.74 Å². The number of ether oxygens (including phenoxy) is 1. The molecule has 8 heteroatoms. The third-order valence-electron chi connectivity index (χ3n) is 5.80. The van der Waals surface area contributed by atoms with Crippen molar-refractivity contribution in [2.75, 3.05) is 18.0 Å². The molecule has 7 nitrogen and oxygen atoms in total. The Balaban J connectivity index is 1.47. The van der Waals surface area contributed by atoms with Crippen LogP contribution in [-0.2, 0) is 9.53 Å². The number of hydrogen-bond acceptors (Lipinski definition) is 6. The molecule has 0 N–H and O–H groups in total. The highest BCUT2D eigenvalue weighted by molar-refractivity contribution is 7.19. The van der Waals surface area contributed by atoms with Crippen LogP contribution in [0.2, 0.25) is 0 Å². The fourth-order valence-corrected chi connectivity index (χ4v) is 5.42. The molecule has 3 aromatic rings. The van der Waals surface area contributed by atoms with Gasteiger partial charge in [-0.25, -0.2) is 4.98 Å². The van der Waals surface area contributed by atoms with Crippen molar-refractivity contribution in [3.8, 4) is 0 Å². The summed E-state index contributed by atoms with van der Waals surface area (Å²) in [7, 11) is 0. The number of allylic oxidation sites excluding steroid dienone is 1. The van der Waals surface area contributed by atoms with Gasteiger partial charge in [-0.05, 0) is 44.2 Å². The van der Waals surface area contributed by atoms with E-state index in [1.165, 1.54) is 23.2 Å². The molecular weight excluding hydrogens is 438 g/mol. The standard InChI is InChI=1S/C25H23N3O4S/c1-14-12-27(13-15(2)32-14)25(31)17-8-9-19-22(10-17)33-23(26-19)11-21-24(30)18-6-4-5-7-20(18)28(21)16(3)29/h4-11,14-15H,12-13H2,1-3H3/b21-11-. The predicted molar refractivity (Wildman–Crippen MR) is 127 cm³/mol. The minimum atomic E-state index is -0.234. The molecule has 1 fully saturated rings. The minimum Gasteiger partial charge on any atom is -0.372 e. The summed E-state index contributed by atoms with van der Waals surface area (Å²) in [5.41, 5.74) is 2.72. The summed E-state index contributed by atoms with van der Waals surface area (Å²) in [5, 5.41) is 0.602. The van der Waals surface area contributed by atoms with Crippen LogP contribution in [-0.4, -0.2) is 52.8 Å². The van der Waals surface area contributed by atoms with Crippen LogP contribution in [0.25, 0.3) is 16.3 Å². The van der Waals surface area contributed by atoms with E-state index in [1.807, 2.05) is 30.9 Å². The molecule has 0 saturated carbocycles. The van der Waals surface area contributed by atoms with Gasteiger partial charge in [0.15, 0.2) is 0 Å². The lowest BCUT2D eigenvalue weighted by Gasteiger charge is -2.35. The molecule has 5 rings (SSSR count). The van der Waals surface area contributed by atoms with Crippen LogP contribution in [0.3, 0.4) is 0 Å². The number of ketones is 1. The molecule has 3 heterocycles. The van der Waals surface area contributed by atoms with E-state index in [-0.39, 0.29) is 35.5 Å². The summed E-state index contributed by atoms with van der Waals surface area (Å²) in [6.45, 7) is 6.49. The van der Waals surface area contributed by atoms with Crippen molar-refractivity contribution in [1.82, 2.24) is 9.88 Å². The van der Waals surface area contributed by atoms with Crippen LogP contribution in [0.15, 0.2) is 48.2 Å². The van der Waals surface area contributed by atoms with Gasteiger partial charge in [0.25, 0.3) is 5.91 Å². The van der Waals surface area contributed by atoms with Crippen LogP contribution < -0.4 is 4.90 Å². The Hall–Kier alpha value is -3.36. The van der Waals surface area contributed by atoms with Crippen LogP contribution in [0, 0.1) is 0 Å². The second-order valence-corrected chi connectivity index (χ2v) is 9.49. The fourth-order valence-electron chi connectivity index (χ4n) is 4.48. The van der Waals surface area contributed by atoms with Crippen molar-refractivity contribution in [3.05, 3.63) is 64.3 Å². The van der Waals surface area contributed by atoms with Crippen LogP contribution >= 0.6 is 11.3 Å². The summed E-state index contributed by atoms with van der Waals surface area (Å²) >= 11 is 1.38. The van der Waals surface area contributed by atoms with Crippen molar-refractivity contribution in [2.45, 2.75) is 33.0 Å². The lowest BCUT2D eigenvalue weighted by molar-refractivity contribution is -0.116. The average molecular weight is 462 g/mol. The molecule has 2 atom stereocenters. The van der Waals surface area contributed by atoms with E-state index >= 15 is 0 Å². The number of carbonyl (C=O) groups is 3. The topological polar surface area (TPSA) is 79.8 Å². The minimum absolute atomic E-state index is 0.000330. The fraction of sp³-hybridized carbons (Fsp3) is 0.280. The molecular formula is C25H23N3O4S. The zero-order valence-corrected chi connectivity index (χ0v) is 19.4. The largest absolute Gasteiger partial charge is 0.372 e. The van der Waals surface area contributed by atoms with Crippen molar-refractivity contribution >= 4 is 50.9 Å². The maximum atomic E-state index is 13.1. The smallest absolute Gasteiger partial charge is 0.254 e. The molecule has 2 unspecified atom stereocenters. The number of benzene rings is 2. The van der Waals surface area contributed by atoms with Crippen molar-refractivity contribution in [3.63, 3.8) is 0 Å². The number of Topliss-reactive ketones (excluding diaryl/α,β-unsaturated/α-hetero) is 1. The third kappa shape index (κ3) is 3.85. The first-order valence-electron chi connectivity index (χ1n) is 10.8. The van der Waals surface area contributed by atoms with E-state index in [2.05, 4.69) is 4.98 Å². The average Bonchev–Trinajstić information content (AvgIpc) is 3.30. The summed E-state index contributed by atoms with van der Waals surface area (Å²) in [5.74, 6) is -0.467. The third-order valence-corrected chi connectivity index (χ3v) is 6.76. The number of para-hydroxylation sites is 1. The number of amides is 2. The first-order valence-corrected chi connectivity index (χ1v) is 11.6. The monoisotopic (exact) mass is 461 g/mol. The maximum Gasteiger partial charge on any atom is 0.254 e. The molecule has 2 amide bonds. The first-order chi connectivity index (χ1) is 15.8. The molecule has 0 spiro atoms. The Morgan fingerprint density at radius 3 is 2.58 bits per heavy atom. The van der Waals surface area contributed by atoms with Gasteiger partial charge in [-0.1, -0.05) is 12.1 Å². The summed E-state index contributed by atoms with van der Waals surface area (Å²) in [6.07, 6.45) is 1.65. The Kier molecular flexibility index (Phi) is 5.34. The summed E-state index contributed by atoms with van der Waals surface area (Å²) < 4.78 is 6.58. The normalized spacial score (nSPS) is 21.7. The first kappa shape index (κ1) is 21.5. The molecule has 0 radical (unpaired) electrons. The van der Waals surface area contributed by atoms with Crippen molar-refractivity contribution in [2.24, 2.45) is 0 Å². The van der Waals surface area contributed by atoms with E-state index in [9.17, 15) is 14.4 Å². The number of fused-ring (bicyclic) bond motifs is 2. The second-order valence-electron chi connectivity index (χ2n) is 8.43. The number of hydrogen-bond donors (Lipinski definition) is 0. The summed E-state index contributed by atoms with van der Waals surface area (Å²) in [6, 6.07) is 12.5. The zero-order chi connectivity index (χ0) is 23.3. The highest BCUT2D eigenvalue weighted by atomic mass is 32.1. The predicted octanol–water partition coefficient (Wildman–Crippen LogP) is 4.14. The lowest BCUT2D eigenvalue weighted by Crippen LogP contribution is -2.48. The SMILES string of the molecule is CC(=O)N1/C(=C\c2nc3ccc(C(=O)N4CC(C)OC(C)C4)cc3s2)C(=O)c2ccccc21. The Morgan fingerprint density at radius 1 is 1.12 bits per heavy atom. The Morgan fingerprint density at radius 2 is 1.85 bits per heavy atom. The Labute approximate surface area is 195 Å². The molecule has 2 aliphatic heterocycles. The van der Waals surface area contributed by atoms with E-state index in [0.29, 0.717) is 34.9 Å². The van der Waals surface area contributed by atoms with Crippen LogP contribution in [0.1, 0.15) is 46.5 Å². The van der Waals surface area contributed by atoms with Gasteiger partial charge in [-0.15, -0.1) is 11.3 Å². The molecule has 0 aliphatic carbocycles. The number of anilines is 1. The van der Waals surface area contributed by atoms with Crippen LogP contribution in [0.4, 0.5) is 5.69 Å². The number of morpholine rings is 1. The molecule has 1 aromatic heterocycles. The van der Waals surface area contributed by atoms with Gasteiger partial charge in [0.05, 0.1) is 33.8 Å². The van der Waals surface area contributed by atoms with Crippen molar-refractivity contribution < 1.29 is 19.1 Å². The summed E-state index contributed by atoms with van der Waals surface area (Å²) in [4.78, 5) is 46.2. The lowest BCUT2D eigenvalue weighted by atomic mass is 10.1. The van der Waals surface area contributed by atoms with Crippen LogP contribution in [0.5, 0.6) is 0 Å². The molecule has 33 heavy (non-hydrogen) atoms. The molecule has 2 aromatic carbocycles. The molecule has 0 bridgehead atoms. The van der Waals surface area contributed by atoms with Gasteiger partial charge in [-0.2, -0.15) is 0 Å². The van der Waals surface area contributed by atoms with E-state index in [1.54, 1.807) is 36.4 Å². The van der Waals surface area contributed by atoms with Gasteiger partial charge in [0.2, 0.25) is 11.7 Å². The number of aromatic nitrogens is 1.